The molecule has 2 aromatic carbocycles. The van der Waals surface area contributed by atoms with Gasteiger partial charge in [-0.25, -0.2) is 4.98 Å². The standard InChI is InChI=1S/C25H28N4O3/c1-16-6-11-20-19(12-16)22-23(29(20)14-21(30)27-25(2,3)4)24(31)28(15-26-22)13-17-7-9-18(32-5)10-8-17/h6-12,15H,13-14H2,1-5H3,(H,27,30). The SMILES string of the molecule is COc1ccc(Cn2cnc3c4cc(C)ccc4n(CC(=O)NC(C)(C)C)c3c2=O)cc1. The predicted molar refractivity (Wildman–Crippen MR) is 126 cm³/mol. The maximum absolute atomic E-state index is 13.5. The van der Waals surface area contributed by atoms with Gasteiger partial charge in [-0.1, -0.05) is 23.8 Å². The summed E-state index contributed by atoms with van der Waals surface area (Å²) in [7, 11) is 1.62. The highest BCUT2D eigenvalue weighted by atomic mass is 16.5. The number of carbonyl (C=O) groups excluding carboxylic acids is 1. The Bertz CT molecular complexity index is 1360. The number of nitrogens with zero attached hydrogens (tertiary/aromatic N) is 3. The first-order valence-electron chi connectivity index (χ1n) is 10.6. The Morgan fingerprint density at radius 3 is 2.50 bits per heavy atom. The molecule has 1 amide bonds. The third-order valence-corrected chi connectivity index (χ3v) is 5.31. The number of fused-ring (bicyclic) bond motifs is 3. The molecule has 32 heavy (non-hydrogen) atoms. The predicted octanol–water partition coefficient (Wildman–Crippen LogP) is 3.63. The smallest absolute Gasteiger partial charge is 0.278 e. The molecular weight excluding hydrogens is 404 g/mol. The van der Waals surface area contributed by atoms with Crippen molar-refractivity contribution >= 4 is 27.8 Å². The Balaban J connectivity index is 1.84. The van der Waals surface area contributed by atoms with Crippen molar-refractivity contribution in [3.63, 3.8) is 0 Å². The Labute approximate surface area is 186 Å². The van der Waals surface area contributed by atoms with Crippen LogP contribution in [0, 0.1) is 6.92 Å². The second-order valence-electron chi connectivity index (χ2n) is 9.13. The molecule has 7 nitrogen and oxygen atoms in total. The number of carbonyl (C=O) groups is 1. The minimum Gasteiger partial charge on any atom is -0.497 e. The highest BCUT2D eigenvalue weighted by Crippen LogP contribution is 2.26. The Morgan fingerprint density at radius 2 is 1.84 bits per heavy atom. The van der Waals surface area contributed by atoms with Gasteiger partial charge in [0.2, 0.25) is 5.91 Å². The molecule has 4 rings (SSSR count). The Morgan fingerprint density at radius 1 is 1.12 bits per heavy atom. The van der Waals surface area contributed by atoms with Crippen LogP contribution in [0.4, 0.5) is 0 Å². The monoisotopic (exact) mass is 432 g/mol. The molecule has 0 spiro atoms. The van der Waals surface area contributed by atoms with E-state index in [1.807, 2.05) is 70.2 Å². The van der Waals surface area contributed by atoms with Crippen molar-refractivity contribution in [2.45, 2.75) is 46.3 Å². The quantitative estimate of drug-likeness (QED) is 0.522. The first-order chi connectivity index (χ1) is 15.2. The van der Waals surface area contributed by atoms with Crippen LogP contribution in [-0.4, -0.2) is 32.7 Å². The summed E-state index contributed by atoms with van der Waals surface area (Å²) in [5.74, 6) is 0.608. The van der Waals surface area contributed by atoms with Gasteiger partial charge in [0.05, 0.1) is 25.5 Å². The summed E-state index contributed by atoms with van der Waals surface area (Å²) >= 11 is 0. The lowest BCUT2D eigenvalue weighted by Crippen LogP contribution is -2.42. The molecule has 166 valence electrons. The van der Waals surface area contributed by atoms with Gasteiger partial charge in [-0.05, 0) is 57.5 Å². The van der Waals surface area contributed by atoms with Gasteiger partial charge in [0, 0.05) is 10.9 Å². The van der Waals surface area contributed by atoms with E-state index in [-0.39, 0.29) is 23.6 Å². The van der Waals surface area contributed by atoms with Crippen LogP contribution in [0.3, 0.4) is 0 Å². The molecule has 0 radical (unpaired) electrons. The number of nitrogens with one attached hydrogen (secondary N) is 1. The summed E-state index contributed by atoms with van der Waals surface area (Å²) in [5, 5.41) is 3.85. The molecule has 0 atom stereocenters. The summed E-state index contributed by atoms with van der Waals surface area (Å²) in [5.41, 5.74) is 3.36. The van der Waals surface area contributed by atoms with Gasteiger partial charge in [0.1, 0.15) is 23.3 Å². The third-order valence-electron chi connectivity index (χ3n) is 5.31. The fourth-order valence-electron chi connectivity index (χ4n) is 3.92. The highest BCUT2D eigenvalue weighted by Gasteiger charge is 2.20. The largest absolute Gasteiger partial charge is 0.497 e. The summed E-state index contributed by atoms with van der Waals surface area (Å²) in [6.07, 6.45) is 1.58. The maximum atomic E-state index is 13.5. The number of methoxy groups -OCH3 is 1. The van der Waals surface area contributed by atoms with E-state index in [1.54, 1.807) is 22.6 Å². The van der Waals surface area contributed by atoms with Crippen LogP contribution in [0.2, 0.25) is 0 Å². The molecule has 0 fully saturated rings. The van der Waals surface area contributed by atoms with E-state index in [4.69, 9.17) is 4.74 Å². The molecule has 0 unspecified atom stereocenters. The van der Waals surface area contributed by atoms with Crippen LogP contribution in [-0.2, 0) is 17.9 Å². The lowest BCUT2D eigenvalue weighted by molar-refractivity contribution is -0.122. The molecule has 0 aliphatic rings. The number of amides is 1. The minimum atomic E-state index is -0.362. The second kappa shape index (κ2) is 8.15. The molecule has 2 heterocycles. The maximum Gasteiger partial charge on any atom is 0.278 e. The topological polar surface area (TPSA) is 78.2 Å². The van der Waals surface area contributed by atoms with Crippen molar-refractivity contribution < 1.29 is 9.53 Å². The van der Waals surface area contributed by atoms with Crippen LogP contribution in [0.1, 0.15) is 31.9 Å². The first-order valence-corrected chi connectivity index (χ1v) is 10.6. The van der Waals surface area contributed by atoms with Crippen LogP contribution in [0.15, 0.2) is 53.6 Å². The Kier molecular flexibility index (Phi) is 5.50. The molecule has 4 aromatic rings. The van der Waals surface area contributed by atoms with Gasteiger partial charge in [-0.3, -0.25) is 14.2 Å². The van der Waals surface area contributed by atoms with E-state index >= 15 is 0 Å². The first kappa shape index (κ1) is 21.6. The lowest BCUT2D eigenvalue weighted by Gasteiger charge is -2.21. The third kappa shape index (κ3) is 4.23. The van der Waals surface area contributed by atoms with Crippen molar-refractivity contribution in [3.8, 4) is 5.75 Å². The average molecular weight is 433 g/mol. The van der Waals surface area contributed by atoms with Gasteiger partial charge < -0.3 is 14.6 Å². The molecule has 2 aromatic heterocycles. The molecule has 7 heteroatoms. The summed E-state index contributed by atoms with van der Waals surface area (Å²) < 4.78 is 8.57. The second-order valence-corrected chi connectivity index (χ2v) is 9.13. The zero-order chi connectivity index (χ0) is 23.0. The fourth-order valence-corrected chi connectivity index (χ4v) is 3.92. The number of hydrogen-bond donors (Lipinski definition) is 1. The van der Waals surface area contributed by atoms with Crippen molar-refractivity contribution in [1.82, 2.24) is 19.4 Å². The fraction of sp³-hybridized carbons (Fsp3) is 0.320. The highest BCUT2D eigenvalue weighted by molar-refractivity contribution is 6.06. The number of aromatic nitrogens is 3. The van der Waals surface area contributed by atoms with E-state index in [0.29, 0.717) is 17.6 Å². The van der Waals surface area contributed by atoms with Crippen LogP contribution in [0.25, 0.3) is 21.9 Å². The van der Waals surface area contributed by atoms with Crippen LogP contribution < -0.4 is 15.6 Å². The number of aryl methyl sites for hydroxylation is 1. The van der Waals surface area contributed by atoms with E-state index in [1.165, 1.54) is 0 Å². The van der Waals surface area contributed by atoms with Crippen molar-refractivity contribution in [2.75, 3.05) is 7.11 Å². The number of rotatable bonds is 5. The van der Waals surface area contributed by atoms with Crippen molar-refractivity contribution in [1.29, 1.82) is 0 Å². The van der Waals surface area contributed by atoms with Crippen molar-refractivity contribution in [2.24, 2.45) is 0 Å². The normalized spacial score (nSPS) is 11.8. The van der Waals surface area contributed by atoms with E-state index in [9.17, 15) is 9.59 Å². The van der Waals surface area contributed by atoms with Crippen LogP contribution in [0.5, 0.6) is 5.75 Å². The molecule has 0 aliphatic carbocycles. The van der Waals surface area contributed by atoms with Gasteiger partial charge in [0.25, 0.3) is 5.56 Å². The summed E-state index contributed by atoms with van der Waals surface area (Å²) in [4.78, 5) is 30.9. The molecule has 1 N–H and O–H groups in total. The Hall–Kier alpha value is -3.61. The minimum absolute atomic E-state index is 0.0454. The number of hydrogen-bond acceptors (Lipinski definition) is 4. The zero-order valence-corrected chi connectivity index (χ0v) is 19.1. The van der Waals surface area contributed by atoms with E-state index in [0.717, 1.165) is 27.8 Å². The van der Waals surface area contributed by atoms with E-state index in [2.05, 4.69) is 10.3 Å². The molecule has 0 bridgehead atoms. The van der Waals surface area contributed by atoms with Crippen molar-refractivity contribution in [3.05, 3.63) is 70.3 Å². The van der Waals surface area contributed by atoms with E-state index < -0.39 is 0 Å². The molecule has 0 saturated heterocycles. The van der Waals surface area contributed by atoms with Gasteiger partial charge in [-0.15, -0.1) is 0 Å². The zero-order valence-electron chi connectivity index (χ0n) is 19.1. The molecule has 0 aliphatic heterocycles. The molecule has 0 saturated carbocycles. The molecular formula is C25H28N4O3. The summed E-state index contributed by atoms with van der Waals surface area (Å²) in [6, 6.07) is 13.5. The van der Waals surface area contributed by atoms with Crippen LogP contribution >= 0.6 is 0 Å². The summed E-state index contributed by atoms with van der Waals surface area (Å²) in [6.45, 7) is 8.22. The van der Waals surface area contributed by atoms with Gasteiger partial charge in [-0.2, -0.15) is 0 Å². The van der Waals surface area contributed by atoms with Gasteiger partial charge >= 0.3 is 0 Å². The average Bonchev–Trinajstić information content (AvgIpc) is 3.02. The number of benzene rings is 2. The van der Waals surface area contributed by atoms with Gasteiger partial charge in [0.15, 0.2) is 0 Å². The number of ether oxygens (including phenoxy) is 1. The lowest BCUT2D eigenvalue weighted by atomic mass is 10.1.